The lowest BCUT2D eigenvalue weighted by Crippen LogP contribution is -2.41. The molecule has 0 unspecified atom stereocenters. The third kappa shape index (κ3) is 4.94. The Morgan fingerprint density at radius 2 is 1.67 bits per heavy atom. The lowest BCUT2D eigenvalue weighted by atomic mass is 9.94. The molecule has 0 bridgehead atoms. The van der Waals surface area contributed by atoms with E-state index in [1.165, 1.54) is 50.3 Å². The zero-order valence-electron chi connectivity index (χ0n) is 18.8. The van der Waals surface area contributed by atoms with Crippen LogP contribution in [0.5, 0.6) is 0 Å². The van der Waals surface area contributed by atoms with Crippen LogP contribution in [0.2, 0.25) is 0 Å². The van der Waals surface area contributed by atoms with Gasteiger partial charge in [-0.05, 0) is 73.8 Å². The van der Waals surface area contributed by atoms with Crippen LogP contribution in [-0.4, -0.2) is 28.1 Å². The van der Waals surface area contributed by atoms with Gasteiger partial charge in [-0.2, -0.15) is 5.26 Å². The van der Waals surface area contributed by atoms with Gasteiger partial charge in [0.05, 0.1) is 22.6 Å². The molecule has 2 saturated carbocycles. The molecule has 0 atom stereocenters. The first-order chi connectivity index (χ1) is 16.2. The van der Waals surface area contributed by atoms with Gasteiger partial charge in [-0.1, -0.05) is 38.5 Å². The van der Waals surface area contributed by atoms with Crippen LogP contribution in [0.4, 0.5) is 0 Å². The molecule has 1 saturated heterocycles. The standard InChI is InChI=1S/C27H29N3O2S/c28-18-19-11-13-20(14-12-19)24-16-15-23(32-24)17-25-26(31)30(22-9-5-2-6-10-22)27(33-25)29-21-7-3-1-4-8-21/h11-17,21-22H,1-10H2/b25-17+,29-27?. The molecule has 5 nitrogen and oxygen atoms in total. The number of benzene rings is 1. The number of nitriles is 1. The van der Waals surface area contributed by atoms with Crippen LogP contribution in [0, 0.1) is 11.3 Å². The van der Waals surface area contributed by atoms with E-state index >= 15 is 0 Å². The van der Waals surface area contributed by atoms with Gasteiger partial charge in [0.15, 0.2) is 5.17 Å². The van der Waals surface area contributed by atoms with E-state index in [-0.39, 0.29) is 11.9 Å². The molecule has 0 N–H and O–H groups in total. The highest BCUT2D eigenvalue weighted by atomic mass is 32.2. The topological polar surface area (TPSA) is 69.6 Å². The third-order valence-corrected chi connectivity index (χ3v) is 7.84. The van der Waals surface area contributed by atoms with E-state index in [0.29, 0.717) is 22.3 Å². The predicted molar refractivity (Wildman–Crippen MR) is 132 cm³/mol. The van der Waals surface area contributed by atoms with E-state index in [1.807, 2.05) is 35.2 Å². The first-order valence-corrected chi connectivity index (χ1v) is 12.9. The Kier molecular flexibility index (Phi) is 6.68. The Labute approximate surface area is 199 Å². The fourth-order valence-corrected chi connectivity index (χ4v) is 6.12. The van der Waals surface area contributed by atoms with Crippen LogP contribution >= 0.6 is 11.8 Å². The Morgan fingerprint density at radius 3 is 2.36 bits per heavy atom. The Morgan fingerprint density at radius 1 is 0.970 bits per heavy atom. The first kappa shape index (κ1) is 22.0. The molecular weight excluding hydrogens is 430 g/mol. The van der Waals surface area contributed by atoms with Gasteiger partial charge < -0.3 is 4.42 Å². The highest BCUT2D eigenvalue weighted by Crippen LogP contribution is 2.39. The third-order valence-electron chi connectivity index (χ3n) is 6.84. The minimum atomic E-state index is 0.0674. The summed E-state index contributed by atoms with van der Waals surface area (Å²) in [4.78, 5) is 21.3. The predicted octanol–water partition coefficient (Wildman–Crippen LogP) is 6.76. The number of carbonyl (C=O) groups excluding carboxylic acids is 1. The average molecular weight is 460 g/mol. The molecule has 170 valence electrons. The number of nitrogens with zero attached hydrogens (tertiary/aromatic N) is 3. The highest BCUT2D eigenvalue weighted by Gasteiger charge is 2.39. The second-order valence-corrected chi connectivity index (χ2v) is 10.2. The van der Waals surface area contributed by atoms with E-state index in [1.54, 1.807) is 12.1 Å². The molecule has 2 aliphatic carbocycles. The lowest BCUT2D eigenvalue weighted by molar-refractivity contribution is -0.124. The maximum absolute atomic E-state index is 13.5. The summed E-state index contributed by atoms with van der Waals surface area (Å²) in [6.07, 6.45) is 13.6. The van der Waals surface area contributed by atoms with Crippen LogP contribution in [0.3, 0.4) is 0 Å². The van der Waals surface area contributed by atoms with Gasteiger partial charge in [0, 0.05) is 17.7 Å². The number of hydrogen-bond donors (Lipinski definition) is 0. The first-order valence-electron chi connectivity index (χ1n) is 12.1. The normalized spacial score (nSPS) is 22.9. The summed E-state index contributed by atoms with van der Waals surface area (Å²) in [5, 5.41) is 9.89. The minimum Gasteiger partial charge on any atom is -0.457 e. The quantitative estimate of drug-likeness (QED) is 0.474. The molecule has 1 amide bonds. The molecule has 2 heterocycles. The van der Waals surface area contributed by atoms with Gasteiger partial charge in [-0.25, -0.2) is 0 Å². The molecule has 2 aromatic rings. The minimum absolute atomic E-state index is 0.0674. The van der Waals surface area contributed by atoms with Crippen LogP contribution in [0.25, 0.3) is 17.4 Å². The summed E-state index contributed by atoms with van der Waals surface area (Å²) in [6.45, 7) is 0. The van der Waals surface area contributed by atoms with Crippen molar-refractivity contribution in [3.63, 3.8) is 0 Å². The molecule has 3 fully saturated rings. The van der Waals surface area contributed by atoms with Crippen molar-refractivity contribution in [2.45, 2.75) is 76.3 Å². The summed E-state index contributed by atoms with van der Waals surface area (Å²) in [7, 11) is 0. The van der Waals surface area contributed by atoms with Crippen molar-refractivity contribution >= 4 is 28.9 Å². The van der Waals surface area contributed by atoms with E-state index in [9.17, 15) is 4.79 Å². The summed E-state index contributed by atoms with van der Waals surface area (Å²) >= 11 is 1.51. The van der Waals surface area contributed by atoms with Gasteiger partial charge in [0.25, 0.3) is 5.91 Å². The van der Waals surface area contributed by atoms with Crippen molar-refractivity contribution < 1.29 is 9.21 Å². The van der Waals surface area contributed by atoms with E-state index in [0.717, 1.165) is 42.2 Å². The van der Waals surface area contributed by atoms with Crippen LogP contribution in [-0.2, 0) is 4.79 Å². The molecule has 5 rings (SSSR count). The van der Waals surface area contributed by atoms with Crippen LogP contribution < -0.4 is 0 Å². The number of aliphatic imine (C=N–C) groups is 1. The van der Waals surface area contributed by atoms with Crippen molar-refractivity contribution in [1.29, 1.82) is 5.26 Å². The fraction of sp³-hybridized carbons (Fsp3) is 0.444. The van der Waals surface area contributed by atoms with Crippen molar-refractivity contribution in [2.75, 3.05) is 0 Å². The van der Waals surface area contributed by atoms with Gasteiger partial charge in [0.2, 0.25) is 0 Å². The number of furan rings is 1. The highest BCUT2D eigenvalue weighted by molar-refractivity contribution is 8.18. The van der Waals surface area contributed by atoms with Gasteiger partial charge in [0.1, 0.15) is 11.5 Å². The summed E-state index contributed by atoms with van der Waals surface area (Å²) in [5.74, 6) is 1.45. The maximum Gasteiger partial charge on any atom is 0.267 e. The number of thioether (sulfide) groups is 1. The number of amides is 1. The van der Waals surface area contributed by atoms with Crippen molar-refractivity contribution in [3.05, 3.63) is 52.6 Å². The molecule has 1 aromatic carbocycles. The second-order valence-electron chi connectivity index (χ2n) is 9.17. The average Bonchev–Trinajstić information content (AvgIpc) is 3.45. The fourth-order valence-electron chi connectivity index (χ4n) is 5.03. The molecule has 1 aliphatic heterocycles. The van der Waals surface area contributed by atoms with Gasteiger partial charge >= 0.3 is 0 Å². The van der Waals surface area contributed by atoms with E-state index in [2.05, 4.69) is 6.07 Å². The van der Waals surface area contributed by atoms with Gasteiger partial charge in [-0.3, -0.25) is 14.7 Å². The zero-order chi connectivity index (χ0) is 22.6. The molecule has 3 aliphatic rings. The molecular formula is C27H29N3O2S. The summed E-state index contributed by atoms with van der Waals surface area (Å²) in [6, 6.07) is 13.9. The maximum atomic E-state index is 13.5. The Hall–Kier alpha value is -2.78. The van der Waals surface area contributed by atoms with Crippen molar-refractivity contribution in [3.8, 4) is 17.4 Å². The molecule has 0 spiro atoms. The van der Waals surface area contributed by atoms with Crippen molar-refractivity contribution in [1.82, 2.24) is 4.90 Å². The number of amidine groups is 1. The lowest BCUT2D eigenvalue weighted by Gasteiger charge is -2.31. The largest absolute Gasteiger partial charge is 0.457 e. The van der Waals surface area contributed by atoms with Crippen molar-refractivity contribution in [2.24, 2.45) is 4.99 Å². The van der Waals surface area contributed by atoms with E-state index < -0.39 is 0 Å². The number of rotatable bonds is 4. The SMILES string of the molecule is N#Cc1ccc(-c2ccc(/C=C3/SC(=NC4CCCCC4)N(C4CCCCC4)C3=O)o2)cc1. The summed E-state index contributed by atoms with van der Waals surface area (Å²) < 4.78 is 6.04. The Balaban J connectivity index is 1.40. The second kappa shape index (κ2) is 10.0. The number of carbonyl (C=O) groups is 1. The smallest absolute Gasteiger partial charge is 0.267 e. The number of hydrogen-bond acceptors (Lipinski definition) is 5. The monoisotopic (exact) mass is 459 g/mol. The molecule has 33 heavy (non-hydrogen) atoms. The molecule has 1 aromatic heterocycles. The van der Waals surface area contributed by atoms with Gasteiger partial charge in [-0.15, -0.1) is 0 Å². The van der Waals surface area contributed by atoms with E-state index in [4.69, 9.17) is 14.7 Å². The van der Waals surface area contributed by atoms with Crippen LogP contribution in [0.15, 0.2) is 50.7 Å². The molecule has 0 radical (unpaired) electrons. The molecule has 6 heteroatoms. The summed E-state index contributed by atoms with van der Waals surface area (Å²) in [5.41, 5.74) is 1.53. The Bertz CT molecular complexity index is 1100. The zero-order valence-corrected chi connectivity index (χ0v) is 19.7. The van der Waals surface area contributed by atoms with Crippen LogP contribution in [0.1, 0.15) is 75.5 Å².